The monoisotopic (exact) mass is 475 g/mol. The predicted octanol–water partition coefficient (Wildman–Crippen LogP) is 2.80. The van der Waals surface area contributed by atoms with Gasteiger partial charge in [0.1, 0.15) is 11.7 Å². The number of benzene rings is 1. The Morgan fingerprint density at radius 2 is 1.82 bits per heavy atom. The average Bonchev–Trinajstić information content (AvgIpc) is 2.89. The van der Waals surface area contributed by atoms with Crippen LogP contribution in [-0.4, -0.2) is 76.1 Å². The Balaban J connectivity index is 0.000000414. The number of carboxylic acid groups (broad SMARTS) is 2. The Bertz CT molecular complexity index is 978. The number of carbonyl (C=O) groups is 3. The molecule has 0 fully saturated rings. The molecule has 176 valence electrons. The van der Waals surface area contributed by atoms with Gasteiger partial charge in [0, 0.05) is 36.5 Å². The van der Waals surface area contributed by atoms with Crippen molar-refractivity contribution in [2.75, 3.05) is 27.2 Å². The number of hydrogen-bond donors (Lipinski definition) is 2. The molecular weight excluding hydrogens is 450 g/mol. The van der Waals surface area contributed by atoms with E-state index in [4.69, 9.17) is 26.6 Å². The quantitative estimate of drug-likeness (QED) is 0.586. The Hall–Kier alpha value is -3.43. The second-order valence-corrected chi connectivity index (χ2v) is 7.95. The molecule has 0 radical (unpaired) electrons. The highest BCUT2D eigenvalue weighted by Crippen LogP contribution is 2.25. The number of halogens is 1. The highest BCUT2D eigenvalue weighted by molar-refractivity contribution is 6.30. The predicted molar refractivity (Wildman–Crippen MR) is 122 cm³/mol. The first-order valence-corrected chi connectivity index (χ1v) is 10.5. The van der Waals surface area contributed by atoms with Crippen LogP contribution in [0.25, 0.3) is 0 Å². The molecule has 3 rings (SSSR count). The standard InChI is InChI=1S/C19H22ClN3O2.C4H4O4/c1-22(2)11-9-16-13-23(12-14-5-7-15(20)8-6-14)19(24)17-4-3-10-21-18(17)25-16;5-3(6)1-2-4(7)8/h3-8,10,16H,9,11-13H2,1-2H3;1-2H,(H,5,6)(H,7,8)/b;2-1+. The molecule has 9 nitrogen and oxygen atoms in total. The largest absolute Gasteiger partial charge is 0.478 e. The third-order valence-electron chi connectivity index (χ3n) is 4.54. The summed E-state index contributed by atoms with van der Waals surface area (Å²) in [7, 11) is 4.05. The van der Waals surface area contributed by atoms with E-state index in [0.717, 1.165) is 18.5 Å². The summed E-state index contributed by atoms with van der Waals surface area (Å²) in [4.78, 5) is 40.3. The molecule has 1 atom stereocenters. The molecule has 1 amide bonds. The normalized spacial score (nSPS) is 15.3. The lowest BCUT2D eigenvalue weighted by molar-refractivity contribution is -0.134. The van der Waals surface area contributed by atoms with E-state index in [9.17, 15) is 14.4 Å². The van der Waals surface area contributed by atoms with Crippen molar-refractivity contribution in [1.82, 2.24) is 14.8 Å². The highest BCUT2D eigenvalue weighted by atomic mass is 35.5. The Labute approximate surface area is 196 Å². The molecule has 1 aromatic carbocycles. The first-order valence-electron chi connectivity index (χ1n) is 10.1. The molecule has 1 aliphatic heterocycles. The summed E-state index contributed by atoms with van der Waals surface area (Å²) in [6, 6.07) is 11.1. The van der Waals surface area contributed by atoms with Gasteiger partial charge >= 0.3 is 11.9 Å². The number of carboxylic acids is 2. The number of aliphatic carboxylic acids is 2. The minimum Gasteiger partial charge on any atom is -0.478 e. The summed E-state index contributed by atoms with van der Waals surface area (Å²) in [6.45, 7) is 1.94. The summed E-state index contributed by atoms with van der Waals surface area (Å²) in [5.74, 6) is -2.14. The molecule has 1 aromatic heterocycles. The molecule has 0 saturated heterocycles. The summed E-state index contributed by atoms with van der Waals surface area (Å²) in [6.07, 6.45) is 3.51. The molecule has 10 heteroatoms. The first-order chi connectivity index (χ1) is 15.7. The molecule has 2 heterocycles. The SMILES string of the molecule is CN(C)CCC1CN(Cc2ccc(Cl)cc2)C(=O)c2cccnc2O1.O=C(O)/C=C/C(=O)O. The maximum absolute atomic E-state index is 13.0. The van der Waals surface area contributed by atoms with Crippen molar-refractivity contribution in [2.45, 2.75) is 19.1 Å². The van der Waals surface area contributed by atoms with Crippen LogP contribution in [0.5, 0.6) is 5.88 Å². The van der Waals surface area contributed by atoms with Crippen LogP contribution in [0.1, 0.15) is 22.3 Å². The van der Waals surface area contributed by atoms with E-state index in [-0.39, 0.29) is 12.0 Å². The van der Waals surface area contributed by atoms with Gasteiger partial charge in [-0.3, -0.25) is 4.79 Å². The molecule has 1 unspecified atom stereocenters. The van der Waals surface area contributed by atoms with Crippen molar-refractivity contribution in [2.24, 2.45) is 0 Å². The number of nitrogens with zero attached hydrogens (tertiary/aromatic N) is 3. The Kier molecular flexibility index (Phi) is 9.84. The summed E-state index contributed by atoms with van der Waals surface area (Å²) in [5.41, 5.74) is 1.56. The maximum Gasteiger partial charge on any atom is 0.328 e. The fraction of sp³-hybridized carbons (Fsp3) is 0.304. The van der Waals surface area contributed by atoms with Gasteiger partial charge in [0.2, 0.25) is 5.88 Å². The van der Waals surface area contributed by atoms with Gasteiger partial charge in [-0.15, -0.1) is 0 Å². The summed E-state index contributed by atoms with van der Waals surface area (Å²) < 4.78 is 6.04. The minimum atomic E-state index is -1.26. The van der Waals surface area contributed by atoms with Crippen LogP contribution < -0.4 is 4.74 Å². The number of pyridine rings is 1. The fourth-order valence-electron chi connectivity index (χ4n) is 2.98. The minimum absolute atomic E-state index is 0.0506. The van der Waals surface area contributed by atoms with Gasteiger partial charge < -0.3 is 24.7 Å². The smallest absolute Gasteiger partial charge is 0.328 e. The number of fused-ring (bicyclic) bond motifs is 1. The van der Waals surface area contributed by atoms with Crippen LogP contribution in [0, 0.1) is 0 Å². The molecule has 33 heavy (non-hydrogen) atoms. The number of carbonyl (C=O) groups excluding carboxylic acids is 1. The zero-order chi connectivity index (χ0) is 24.4. The van der Waals surface area contributed by atoms with Crippen LogP contribution >= 0.6 is 11.6 Å². The molecule has 2 N–H and O–H groups in total. The van der Waals surface area contributed by atoms with E-state index in [1.807, 2.05) is 43.3 Å². The second kappa shape index (κ2) is 12.6. The molecular formula is C23H26ClN3O6. The van der Waals surface area contributed by atoms with Gasteiger partial charge in [-0.05, 0) is 50.3 Å². The van der Waals surface area contributed by atoms with Crippen LogP contribution in [-0.2, 0) is 16.1 Å². The van der Waals surface area contributed by atoms with E-state index < -0.39 is 11.9 Å². The third-order valence-corrected chi connectivity index (χ3v) is 4.80. The van der Waals surface area contributed by atoms with Crippen molar-refractivity contribution in [3.05, 3.63) is 70.9 Å². The Morgan fingerprint density at radius 3 is 2.39 bits per heavy atom. The van der Waals surface area contributed by atoms with Gasteiger partial charge in [0.15, 0.2) is 0 Å². The van der Waals surface area contributed by atoms with E-state index in [2.05, 4.69) is 9.88 Å². The van der Waals surface area contributed by atoms with Gasteiger partial charge in [0.05, 0.1) is 6.54 Å². The topological polar surface area (TPSA) is 120 Å². The molecule has 0 aliphatic carbocycles. The number of amides is 1. The van der Waals surface area contributed by atoms with Gasteiger partial charge in [-0.1, -0.05) is 23.7 Å². The Morgan fingerprint density at radius 1 is 1.18 bits per heavy atom. The van der Waals surface area contributed by atoms with E-state index in [0.29, 0.717) is 41.7 Å². The molecule has 0 bridgehead atoms. The lowest BCUT2D eigenvalue weighted by Crippen LogP contribution is -2.37. The second-order valence-electron chi connectivity index (χ2n) is 7.51. The number of hydrogen-bond acceptors (Lipinski definition) is 6. The lowest BCUT2D eigenvalue weighted by atomic mass is 10.1. The van der Waals surface area contributed by atoms with Gasteiger partial charge in [0.25, 0.3) is 5.91 Å². The maximum atomic E-state index is 13.0. The average molecular weight is 476 g/mol. The van der Waals surface area contributed by atoms with Crippen LogP contribution in [0.2, 0.25) is 5.02 Å². The molecule has 1 aliphatic rings. The first kappa shape index (κ1) is 25.8. The van der Waals surface area contributed by atoms with Gasteiger partial charge in [-0.25, -0.2) is 14.6 Å². The molecule has 0 saturated carbocycles. The molecule has 0 spiro atoms. The van der Waals surface area contributed by atoms with Gasteiger partial charge in [-0.2, -0.15) is 0 Å². The van der Waals surface area contributed by atoms with Crippen molar-refractivity contribution in [3.8, 4) is 5.88 Å². The zero-order valence-electron chi connectivity index (χ0n) is 18.3. The summed E-state index contributed by atoms with van der Waals surface area (Å²) >= 11 is 5.96. The van der Waals surface area contributed by atoms with Crippen LogP contribution in [0.15, 0.2) is 54.7 Å². The number of aromatic nitrogens is 1. The highest BCUT2D eigenvalue weighted by Gasteiger charge is 2.29. The van der Waals surface area contributed by atoms with Crippen molar-refractivity contribution in [3.63, 3.8) is 0 Å². The lowest BCUT2D eigenvalue weighted by Gasteiger charge is -2.25. The van der Waals surface area contributed by atoms with Crippen LogP contribution in [0.4, 0.5) is 0 Å². The zero-order valence-corrected chi connectivity index (χ0v) is 19.1. The van der Waals surface area contributed by atoms with Crippen molar-refractivity contribution >= 4 is 29.4 Å². The number of rotatable bonds is 7. The van der Waals surface area contributed by atoms with E-state index in [1.54, 1.807) is 18.3 Å². The van der Waals surface area contributed by atoms with E-state index in [1.165, 1.54) is 0 Å². The fourth-order valence-corrected chi connectivity index (χ4v) is 3.11. The van der Waals surface area contributed by atoms with Crippen molar-refractivity contribution in [1.29, 1.82) is 0 Å². The van der Waals surface area contributed by atoms with Crippen LogP contribution in [0.3, 0.4) is 0 Å². The number of ether oxygens (including phenoxy) is 1. The van der Waals surface area contributed by atoms with E-state index >= 15 is 0 Å². The molecule has 2 aromatic rings. The summed E-state index contributed by atoms with van der Waals surface area (Å²) in [5, 5.41) is 16.3. The third kappa shape index (κ3) is 8.91. The van der Waals surface area contributed by atoms with Crippen molar-refractivity contribution < 1.29 is 29.3 Å².